The quantitative estimate of drug-likeness (QED) is 0.0175. The van der Waals surface area contributed by atoms with Crippen LogP contribution >= 0.6 is 0 Å². The van der Waals surface area contributed by atoms with E-state index in [2.05, 4.69) is 52.2 Å². The van der Waals surface area contributed by atoms with Gasteiger partial charge in [-0.2, -0.15) is 0 Å². The first-order chi connectivity index (χ1) is 45.8. The predicted molar refractivity (Wildman–Crippen MR) is 342 cm³/mol. The van der Waals surface area contributed by atoms with Crippen LogP contribution in [0.2, 0.25) is 0 Å². The van der Waals surface area contributed by atoms with E-state index in [-0.39, 0.29) is 117 Å². The number of aromatic nitrogens is 8. The zero-order valence-electron chi connectivity index (χ0n) is 53.9. The summed E-state index contributed by atoms with van der Waals surface area (Å²) in [5, 5.41) is 28.5. The molecule has 1 aromatic carbocycles. The fourth-order valence-corrected chi connectivity index (χ4v) is 8.81. The largest absolute Gasteiger partial charge is 0.504 e. The van der Waals surface area contributed by atoms with Crippen LogP contribution in [0, 0.1) is 0 Å². The van der Waals surface area contributed by atoms with E-state index in [1.807, 2.05) is 0 Å². The molecule has 0 bridgehead atoms. The molecule has 6 aromatic rings. The summed E-state index contributed by atoms with van der Waals surface area (Å²) in [6.07, 6.45) is 7.30. The molecule has 518 valence electrons. The van der Waals surface area contributed by atoms with Crippen LogP contribution in [0.5, 0.6) is 11.5 Å². The van der Waals surface area contributed by atoms with Gasteiger partial charge in [0, 0.05) is 129 Å². The van der Waals surface area contributed by atoms with Gasteiger partial charge in [0.2, 0.25) is 29.4 Å². The van der Waals surface area contributed by atoms with Gasteiger partial charge in [0.25, 0.3) is 29.5 Å². The van der Waals surface area contributed by atoms with Crippen LogP contribution in [-0.2, 0) is 87.5 Å². The van der Waals surface area contributed by atoms with E-state index in [1.54, 1.807) is 63.5 Å². The topological polar surface area (TPSA) is 439 Å². The van der Waals surface area contributed by atoms with Crippen molar-refractivity contribution in [1.29, 1.82) is 0 Å². The standard InChI is InChI=1S/C60H85N17O18/c1-73-16-14-64-55(73)60(86)68-42-36-44(75(3)38-42)58(84)66-13-10-50(81)71-53-51(77(5)54(72-53)52(62)82)40-34-43(74(2)37-40)57(83)65-12-9-49(80)69-47-39-76(4)56(70-47)59(85)67-11-8-48(79)63-15-17-87-18-19-88-20-21-89-22-23-90-24-25-91-26-27-92-28-29-93-30-31-94-32-33-95-46-7-6-41(61)35-45(46)78/h6-7,14,16,34-39,78H,8-13,15,17-33,61H2,1-5H3,(H2,62,82)(H,63,79)(H,65,83)(H,66,84)(H,67,85)(H,68,86)(H,69,80)(H,71,81). The fraction of sp³-hybridized carbons (Fsp3) is 0.483. The van der Waals surface area contributed by atoms with E-state index in [0.29, 0.717) is 122 Å². The molecule has 0 radical (unpaired) electrons. The molecule has 0 unspecified atom stereocenters. The van der Waals surface area contributed by atoms with Crippen LogP contribution in [0.3, 0.4) is 0 Å². The summed E-state index contributed by atoms with van der Waals surface area (Å²) < 4.78 is 56.7. The lowest BCUT2D eigenvalue weighted by molar-refractivity contribution is -0.121. The van der Waals surface area contributed by atoms with Gasteiger partial charge in [-0.1, -0.05) is 0 Å². The predicted octanol–water partition coefficient (Wildman–Crippen LogP) is -0.165. The van der Waals surface area contributed by atoms with Crippen LogP contribution in [-0.4, -0.2) is 229 Å². The van der Waals surface area contributed by atoms with E-state index < -0.39 is 41.4 Å². The molecule has 95 heavy (non-hydrogen) atoms. The molecule has 0 saturated carbocycles. The highest BCUT2D eigenvalue weighted by Crippen LogP contribution is 2.31. The molecule has 6 rings (SSSR count). The number of carbonyl (C=O) groups is 8. The summed E-state index contributed by atoms with van der Waals surface area (Å²) in [5.41, 5.74) is 13.0. The monoisotopic (exact) mass is 1330 g/mol. The molecule has 0 atom stereocenters. The number of amides is 8. The van der Waals surface area contributed by atoms with Crippen molar-refractivity contribution in [2.75, 3.05) is 160 Å². The molecule has 8 amide bonds. The summed E-state index contributed by atoms with van der Waals surface area (Å²) in [4.78, 5) is 115. The molecule has 0 aliphatic heterocycles. The van der Waals surface area contributed by atoms with Crippen molar-refractivity contribution in [3.05, 3.63) is 90.2 Å². The van der Waals surface area contributed by atoms with Gasteiger partial charge < -0.3 is 119 Å². The number of ether oxygens (including phenoxy) is 9. The van der Waals surface area contributed by atoms with Crippen molar-refractivity contribution in [2.45, 2.75) is 19.3 Å². The number of hydrogen-bond donors (Lipinski definition) is 10. The number of phenolic OH excluding ortho intramolecular Hbond substituents is 1. The highest BCUT2D eigenvalue weighted by molar-refractivity contribution is 6.03. The molecular formula is C60H85N17O18. The lowest BCUT2D eigenvalue weighted by Crippen LogP contribution is -2.33. The molecule has 35 heteroatoms. The lowest BCUT2D eigenvalue weighted by atomic mass is 10.2. The number of rotatable bonds is 46. The first kappa shape index (κ1) is 74.3. The van der Waals surface area contributed by atoms with Crippen LogP contribution < -0.4 is 53.4 Å². The maximum atomic E-state index is 13.4. The molecule has 0 spiro atoms. The van der Waals surface area contributed by atoms with E-state index in [1.165, 1.54) is 55.9 Å². The van der Waals surface area contributed by atoms with Gasteiger partial charge >= 0.3 is 0 Å². The van der Waals surface area contributed by atoms with Gasteiger partial charge in [-0.15, -0.1) is 0 Å². The Balaban J connectivity index is 0.743. The van der Waals surface area contributed by atoms with Crippen LogP contribution in [0.4, 0.5) is 23.0 Å². The first-order valence-electron chi connectivity index (χ1n) is 30.3. The minimum atomic E-state index is -0.884. The first-order valence-corrected chi connectivity index (χ1v) is 30.3. The Labute approximate surface area is 547 Å². The van der Waals surface area contributed by atoms with Crippen LogP contribution in [0.15, 0.2) is 61.3 Å². The number of aryl methyl sites for hydroxylation is 4. The summed E-state index contributed by atoms with van der Waals surface area (Å²) >= 11 is 0. The van der Waals surface area contributed by atoms with E-state index in [9.17, 15) is 43.5 Å². The number of phenols is 1. The molecule has 12 N–H and O–H groups in total. The number of nitrogens with zero attached hydrogens (tertiary/aromatic N) is 8. The number of imidazole rings is 3. The smallest absolute Gasteiger partial charge is 0.291 e. The summed E-state index contributed by atoms with van der Waals surface area (Å²) in [6, 6.07) is 7.65. The number of nitrogens with one attached hydrogen (secondary N) is 7. The molecule has 35 nitrogen and oxygen atoms in total. The zero-order chi connectivity index (χ0) is 68.5. The minimum absolute atomic E-state index is 0.00870. The van der Waals surface area contributed by atoms with E-state index in [0.717, 1.165) is 0 Å². The van der Waals surface area contributed by atoms with E-state index in [4.69, 9.17) is 54.1 Å². The fourth-order valence-electron chi connectivity index (χ4n) is 8.81. The number of nitrogen functional groups attached to an aromatic ring is 1. The van der Waals surface area contributed by atoms with Crippen LogP contribution in [0.25, 0.3) is 11.3 Å². The number of anilines is 4. The minimum Gasteiger partial charge on any atom is -0.504 e. The number of carbonyl (C=O) groups excluding carboxylic acids is 8. The third-order valence-electron chi connectivity index (χ3n) is 13.5. The molecule has 0 fully saturated rings. The van der Waals surface area contributed by atoms with Gasteiger partial charge in [0.05, 0.1) is 117 Å². The second-order valence-corrected chi connectivity index (χ2v) is 20.8. The van der Waals surface area contributed by atoms with Crippen molar-refractivity contribution in [3.63, 3.8) is 0 Å². The highest BCUT2D eigenvalue weighted by Gasteiger charge is 2.25. The van der Waals surface area contributed by atoms with Gasteiger partial charge in [-0.05, 0) is 24.3 Å². The Kier molecular flexibility index (Phi) is 31.1. The Morgan fingerprint density at radius 3 is 1.53 bits per heavy atom. The van der Waals surface area contributed by atoms with Gasteiger partial charge in [-0.3, -0.25) is 38.4 Å². The SMILES string of the molecule is Cn1cc(-c2c(NC(=O)CCNC(=O)c3cc(NC(=O)c4nccn4C)cn3C)nc(C(N)=O)n2C)cc1C(=O)NCCC(=O)Nc1cn(C)c(C(=O)NCCC(=O)NCCOCCOCCOCCOCCOCCOCCOCCOCCOc2ccc(N)cc2O)n1. The number of primary amides is 1. The van der Waals surface area contributed by atoms with Gasteiger partial charge in [-0.25, -0.2) is 15.0 Å². The van der Waals surface area contributed by atoms with Gasteiger partial charge in [0.15, 0.2) is 29.0 Å². The Morgan fingerprint density at radius 1 is 0.484 bits per heavy atom. The molecule has 5 aromatic heterocycles. The molecule has 0 saturated heterocycles. The Hall–Kier alpha value is -9.75. The van der Waals surface area contributed by atoms with Crippen LogP contribution in [0.1, 0.15) is 72.1 Å². The van der Waals surface area contributed by atoms with Crippen molar-refractivity contribution in [2.24, 2.45) is 41.0 Å². The average molecular weight is 1330 g/mol. The lowest BCUT2D eigenvalue weighted by Gasteiger charge is -2.10. The Bertz CT molecular complexity index is 3480. The van der Waals surface area contributed by atoms with Gasteiger partial charge in [0.1, 0.15) is 18.0 Å². The number of aromatic hydroxyl groups is 1. The van der Waals surface area contributed by atoms with E-state index >= 15 is 0 Å². The van der Waals surface area contributed by atoms with Crippen molar-refractivity contribution >= 4 is 70.3 Å². The van der Waals surface area contributed by atoms with Crippen molar-refractivity contribution < 1.29 is 86.1 Å². The number of benzene rings is 1. The second kappa shape index (κ2) is 39.7. The molecule has 0 aliphatic rings. The number of nitrogens with two attached hydrogens (primary N) is 2. The maximum absolute atomic E-state index is 13.4. The summed E-state index contributed by atoms with van der Waals surface area (Å²) in [5.74, 6) is -4.01. The number of hydrogen-bond acceptors (Lipinski definition) is 22. The average Bonchev–Trinajstić information content (AvgIpc) is 1.63. The third-order valence-corrected chi connectivity index (χ3v) is 13.5. The third kappa shape index (κ3) is 25.2. The Morgan fingerprint density at radius 2 is 0.989 bits per heavy atom. The zero-order valence-corrected chi connectivity index (χ0v) is 53.9. The molecule has 0 aliphatic carbocycles. The maximum Gasteiger partial charge on any atom is 0.291 e. The van der Waals surface area contributed by atoms with Crippen molar-refractivity contribution in [1.82, 2.24) is 59.1 Å². The summed E-state index contributed by atoms with van der Waals surface area (Å²) in [7, 11) is 7.97. The second-order valence-electron chi connectivity index (χ2n) is 20.8. The highest BCUT2D eigenvalue weighted by atomic mass is 16.6. The summed E-state index contributed by atoms with van der Waals surface area (Å²) in [6.45, 7) is 6.60. The molecular weight excluding hydrogens is 1250 g/mol. The normalized spacial score (nSPS) is 11.1. The molecule has 5 heterocycles. The van der Waals surface area contributed by atoms with Crippen molar-refractivity contribution in [3.8, 4) is 22.8 Å².